The van der Waals surface area contributed by atoms with E-state index in [4.69, 9.17) is 15.4 Å². The number of hydrogen-bond acceptors (Lipinski definition) is 4. The predicted octanol–water partition coefficient (Wildman–Crippen LogP) is 3.20. The van der Waals surface area contributed by atoms with Crippen LogP contribution < -0.4 is 5.32 Å². The van der Waals surface area contributed by atoms with Gasteiger partial charge in [-0.05, 0) is 45.4 Å². The minimum absolute atomic E-state index is 0.0207. The predicted molar refractivity (Wildman–Crippen MR) is 77.3 cm³/mol. The van der Waals surface area contributed by atoms with Crippen LogP contribution in [0.4, 0.5) is 4.79 Å². The fraction of sp³-hybridized carbons (Fsp3) is 0.462. The molecule has 1 aromatic rings. The van der Waals surface area contributed by atoms with Crippen molar-refractivity contribution >= 4 is 25.8 Å². The molecule has 5 nitrogen and oxygen atoms in total. The summed E-state index contributed by atoms with van der Waals surface area (Å²) < 4.78 is 27.4. The summed E-state index contributed by atoms with van der Waals surface area (Å²) in [5.74, 6) is 0. The number of amides is 1. The number of carbonyl (C=O) groups is 1. The highest BCUT2D eigenvalue weighted by molar-refractivity contribution is 8.13. The van der Waals surface area contributed by atoms with Crippen molar-refractivity contribution in [3.8, 4) is 0 Å². The van der Waals surface area contributed by atoms with E-state index >= 15 is 0 Å². The quantitative estimate of drug-likeness (QED) is 0.868. The lowest BCUT2D eigenvalue weighted by molar-refractivity contribution is 0.0508. The van der Waals surface area contributed by atoms with Crippen molar-refractivity contribution in [1.82, 2.24) is 5.32 Å². The van der Waals surface area contributed by atoms with Gasteiger partial charge in [0.15, 0.2) is 0 Å². The third kappa shape index (κ3) is 5.38. The molecule has 0 aliphatic rings. The highest BCUT2D eigenvalue weighted by Gasteiger charge is 2.18. The highest BCUT2D eigenvalue weighted by atomic mass is 35.7. The monoisotopic (exact) mass is 319 g/mol. The van der Waals surface area contributed by atoms with Crippen molar-refractivity contribution in [2.24, 2.45) is 0 Å². The van der Waals surface area contributed by atoms with Gasteiger partial charge >= 0.3 is 6.09 Å². The van der Waals surface area contributed by atoms with Crippen LogP contribution in [-0.4, -0.2) is 20.1 Å². The molecule has 1 unspecified atom stereocenters. The van der Waals surface area contributed by atoms with Crippen molar-refractivity contribution in [3.05, 3.63) is 29.8 Å². The molecule has 1 N–H and O–H groups in total. The molecule has 0 radical (unpaired) electrons. The molecule has 1 rings (SSSR count). The maximum absolute atomic E-state index is 11.6. The van der Waals surface area contributed by atoms with Gasteiger partial charge in [-0.25, -0.2) is 13.2 Å². The number of rotatable bonds is 3. The number of ether oxygens (including phenoxy) is 1. The number of alkyl carbamates (subject to hydrolysis) is 1. The van der Waals surface area contributed by atoms with Crippen LogP contribution in [0.25, 0.3) is 0 Å². The van der Waals surface area contributed by atoms with Crippen LogP contribution in [0.5, 0.6) is 0 Å². The molecular formula is C13H18ClNO4S. The average Bonchev–Trinajstić information content (AvgIpc) is 2.25. The summed E-state index contributed by atoms with van der Waals surface area (Å²) in [6, 6.07) is 5.67. The van der Waals surface area contributed by atoms with Gasteiger partial charge in [-0.2, -0.15) is 0 Å². The second-order valence-electron chi connectivity index (χ2n) is 5.37. The third-order valence-corrected chi connectivity index (χ3v) is 3.76. The number of hydrogen-bond donors (Lipinski definition) is 1. The van der Waals surface area contributed by atoms with Crippen molar-refractivity contribution < 1.29 is 17.9 Å². The second kappa shape index (κ2) is 6.01. The molecule has 0 heterocycles. The standard InChI is InChI=1S/C13H18ClNO4S/c1-9(15-12(16)19-13(2,3)4)10-5-7-11(8-6-10)20(14,17)18/h5-9H,1-4H3,(H,15,16). The molecule has 1 atom stereocenters. The Morgan fingerprint density at radius 2 is 1.75 bits per heavy atom. The van der Waals surface area contributed by atoms with Gasteiger partial charge in [-0.3, -0.25) is 0 Å². The summed E-state index contributed by atoms with van der Waals surface area (Å²) in [5, 5.41) is 2.67. The Bertz CT molecular complexity index is 575. The minimum atomic E-state index is -3.73. The maximum Gasteiger partial charge on any atom is 0.408 e. The zero-order valence-electron chi connectivity index (χ0n) is 11.8. The van der Waals surface area contributed by atoms with E-state index in [1.165, 1.54) is 12.1 Å². The van der Waals surface area contributed by atoms with Crippen molar-refractivity contribution in [2.75, 3.05) is 0 Å². The fourth-order valence-electron chi connectivity index (χ4n) is 1.49. The summed E-state index contributed by atoms with van der Waals surface area (Å²) >= 11 is 0. The summed E-state index contributed by atoms with van der Waals surface area (Å²) in [6.07, 6.45) is -0.529. The normalized spacial score (nSPS) is 13.7. The molecule has 0 fully saturated rings. The summed E-state index contributed by atoms with van der Waals surface area (Å²) in [5.41, 5.74) is 0.181. The van der Waals surface area contributed by atoms with E-state index in [2.05, 4.69) is 5.32 Å². The Morgan fingerprint density at radius 1 is 1.25 bits per heavy atom. The van der Waals surface area contributed by atoms with Gasteiger partial charge in [0, 0.05) is 10.7 Å². The molecular weight excluding hydrogens is 302 g/mol. The van der Waals surface area contributed by atoms with E-state index in [1.54, 1.807) is 39.8 Å². The Labute approximate surface area is 123 Å². The maximum atomic E-state index is 11.6. The van der Waals surface area contributed by atoms with Gasteiger partial charge in [0.05, 0.1) is 10.9 Å². The topological polar surface area (TPSA) is 72.5 Å². The van der Waals surface area contributed by atoms with Gasteiger partial charge in [0.25, 0.3) is 9.05 Å². The van der Waals surface area contributed by atoms with Crippen LogP contribution in [-0.2, 0) is 13.8 Å². The van der Waals surface area contributed by atoms with Gasteiger partial charge in [0.2, 0.25) is 0 Å². The largest absolute Gasteiger partial charge is 0.444 e. The first kappa shape index (κ1) is 16.8. The SMILES string of the molecule is CC(NC(=O)OC(C)(C)C)c1ccc(S(=O)(=O)Cl)cc1. The van der Waals surface area contributed by atoms with E-state index in [0.717, 1.165) is 5.56 Å². The van der Waals surface area contributed by atoms with Gasteiger partial charge in [-0.1, -0.05) is 12.1 Å². The minimum Gasteiger partial charge on any atom is -0.444 e. The zero-order valence-corrected chi connectivity index (χ0v) is 13.4. The highest BCUT2D eigenvalue weighted by Crippen LogP contribution is 2.19. The number of carbonyl (C=O) groups excluding carboxylic acids is 1. The number of halogens is 1. The molecule has 1 amide bonds. The zero-order chi connectivity index (χ0) is 15.6. The molecule has 0 aromatic heterocycles. The van der Waals surface area contributed by atoms with Gasteiger partial charge in [-0.15, -0.1) is 0 Å². The molecule has 0 saturated carbocycles. The summed E-state index contributed by atoms with van der Waals surface area (Å²) in [6.45, 7) is 7.10. The lowest BCUT2D eigenvalue weighted by atomic mass is 10.1. The van der Waals surface area contributed by atoms with Crippen LogP contribution in [0.2, 0.25) is 0 Å². The van der Waals surface area contributed by atoms with E-state index in [-0.39, 0.29) is 10.9 Å². The van der Waals surface area contributed by atoms with Crippen molar-refractivity contribution in [1.29, 1.82) is 0 Å². The molecule has 1 aromatic carbocycles. The van der Waals surface area contributed by atoms with Gasteiger partial charge in [0.1, 0.15) is 5.60 Å². The van der Waals surface area contributed by atoms with Crippen LogP contribution in [0.1, 0.15) is 39.3 Å². The summed E-state index contributed by atoms with van der Waals surface area (Å²) in [4.78, 5) is 11.6. The Hall–Kier alpha value is -1.27. The van der Waals surface area contributed by atoms with Crippen LogP contribution in [0.15, 0.2) is 29.2 Å². The Kier molecular flexibility index (Phi) is 5.05. The first-order valence-corrected chi connectivity index (χ1v) is 8.34. The Morgan fingerprint density at radius 3 is 2.15 bits per heavy atom. The van der Waals surface area contributed by atoms with E-state index in [9.17, 15) is 13.2 Å². The summed E-state index contributed by atoms with van der Waals surface area (Å²) in [7, 11) is 1.50. The number of benzene rings is 1. The van der Waals surface area contributed by atoms with Gasteiger partial charge < -0.3 is 10.1 Å². The lowest BCUT2D eigenvalue weighted by Crippen LogP contribution is -2.34. The molecule has 0 aliphatic heterocycles. The average molecular weight is 320 g/mol. The first-order valence-electron chi connectivity index (χ1n) is 6.03. The van der Waals surface area contributed by atoms with Crippen LogP contribution in [0.3, 0.4) is 0 Å². The first-order chi connectivity index (χ1) is 8.99. The van der Waals surface area contributed by atoms with Crippen LogP contribution in [0, 0.1) is 0 Å². The Balaban J connectivity index is 2.74. The number of nitrogens with one attached hydrogen (secondary N) is 1. The lowest BCUT2D eigenvalue weighted by Gasteiger charge is -2.22. The molecule has 0 saturated heterocycles. The van der Waals surface area contributed by atoms with Crippen LogP contribution >= 0.6 is 10.7 Å². The van der Waals surface area contributed by atoms with E-state index in [1.807, 2.05) is 0 Å². The second-order valence-corrected chi connectivity index (χ2v) is 7.94. The third-order valence-electron chi connectivity index (χ3n) is 2.39. The van der Waals surface area contributed by atoms with Crippen molar-refractivity contribution in [2.45, 2.75) is 44.2 Å². The van der Waals surface area contributed by atoms with E-state index < -0.39 is 20.7 Å². The molecule has 7 heteroatoms. The molecule has 20 heavy (non-hydrogen) atoms. The molecule has 0 aliphatic carbocycles. The van der Waals surface area contributed by atoms with E-state index in [0.29, 0.717) is 0 Å². The fourth-order valence-corrected chi connectivity index (χ4v) is 2.26. The van der Waals surface area contributed by atoms with Crippen molar-refractivity contribution in [3.63, 3.8) is 0 Å². The molecule has 112 valence electrons. The smallest absolute Gasteiger partial charge is 0.408 e. The molecule has 0 spiro atoms. The molecule has 0 bridgehead atoms.